The van der Waals surface area contributed by atoms with Gasteiger partial charge in [0.15, 0.2) is 0 Å². The Morgan fingerprint density at radius 1 is 1.35 bits per heavy atom. The Bertz CT molecular complexity index is 536. The molecule has 0 heterocycles. The van der Waals surface area contributed by atoms with E-state index in [9.17, 15) is 22.0 Å². The van der Waals surface area contributed by atoms with Gasteiger partial charge in [-0.15, -0.1) is 0 Å². The summed E-state index contributed by atoms with van der Waals surface area (Å²) in [7, 11) is -3.41. The number of hydrogen-bond donors (Lipinski definition) is 1. The van der Waals surface area contributed by atoms with Gasteiger partial charge in [-0.3, -0.25) is 0 Å². The van der Waals surface area contributed by atoms with Crippen LogP contribution in [0.2, 0.25) is 0 Å². The van der Waals surface area contributed by atoms with Gasteiger partial charge in [0.2, 0.25) is 0 Å². The van der Waals surface area contributed by atoms with Crippen molar-refractivity contribution in [3.63, 3.8) is 0 Å². The van der Waals surface area contributed by atoms with Gasteiger partial charge < -0.3 is 0 Å². The number of primary amides is 1. The molecule has 1 aromatic carbocycles. The molecule has 0 aliphatic rings. The summed E-state index contributed by atoms with van der Waals surface area (Å²) in [5.74, 6) is -2.78. The van der Waals surface area contributed by atoms with Gasteiger partial charge in [0.25, 0.3) is 0 Å². The predicted octanol–water partition coefficient (Wildman–Crippen LogP) is -0.976. The van der Waals surface area contributed by atoms with E-state index in [4.69, 9.17) is 5.73 Å². The van der Waals surface area contributed by atoms with Gasteiger partial charge in [-0.25, -0.2) is 0 Å². The first-order valence-corrected chi connectivity index (χ1v) is 9.81. The van der Waals surface area contributed by atoms with E-state index in [1.807, 2.05) is 0 Å². The van der Waals surface area contributed by atoms with Gasteiger partial charge in [0, 0.05) is 0 Å². The molecule has 0 aliphatic heterocycles. The van der Waals surface area contributed by atoms with E-state index in [1.165, 1.54) is 0 Å². The van der Waals surface area contributed by atoms with Crippen LogP contribution in [0.3, 0.4) is 0 Å². The van der Waals surface area contributed by atoms with Gasteiger partial charge >= 0.3 is 103 Å². The first-order valence-electron chi connectivity index (χ1n) is 4.30. The van der Waals surface area contributed by atoms with E-state index in [0.717, 1.165) is 24.8 Å². The normalized spacial score (nSPS) is 12.2. The molecule has 0 aliphatic carbocycles. The predicted molar refractivity (Wildman–Crippen MR) is 60.6 cm³/mol. The van der Waals surface area contributed by atoms with Crippen LogP contribution in [-0.2, 0) is 12.9 Å². The van der Waals surface area contributed by atoms with E-state index in [2.05, 4.69) is 0 Å². The molecule has 0 bridgehead atoms. The molecule has 0 saturated carbocycles. The Morgan fingerprint density at radius 3 is 2.18 bits per heavy atom. The maximum atomic E-state index is 13.4. The van der Waals surface area contributed by atoms with E-state index < -0.39 is 44.6 Å². The zero-order chi connectivity index (χ0) is 13.2. The number of amides is 1. The van der Waals surface area contributed by atoms with Gasteiger partial charge in [0.1, 0.15) is 0 Å². The summed E-state index contributed by atoms with van der Waals surface area (Å²) in [6.07, 6.45) is 1.78. The maximum absolute atomic E-state index is 13.4. The summed E-state index contributed by atoms with van der Waals surface area (Å²) >= 11 is -1.95. The van der Waals surface area contributed by atoms with Crippen molar-refractivity contribution >= 4 is 33.0 Å². The van der Waals surface area contributed by atoms with Crippen molar-refractivity contribution in [1.82, 2.24) is 0 Å². The Balaban J connectivity index is 3.15. The van der Waals surface area contributed by atoms with Crippen LogP contribution in [0.1, 0.15) is 5.56 Å². The standard InChI is InChI=1S/C9H9AsF2NO3S/c1-17(15,16)10-9-6(11)2-5(3-7(9)12)4-8(13)14/h2-4,10H,1H3,(H2,13,14). The van der Waals surface area contributed by atoms with Crippen LogP contribution in [0.4, 0.5) is 8.78 Å². The summed E-state index contributed by atoms with van der Waals surface area (Å²) in [6.45, 7) is 0. The number of carbonyl (C=O) groups is 1. The Hall–Kier alpha value is -0.942. The minimum atomic E-state index is -3.41. The number of benzene rings is 1. The van der Waals surface area contributed by atoms with Crippen molar-refractivity contribution < 1.29 is 22.0 Å². The van der Waals surface area contributed by atoms with Gasteiger partial charge in [0.05, 0.1) is 0 Å². The van der Waals surface area contributed by atoms with Crippen LogP contribution in [0.5, 0.6) is 0 Å². The molecule has 1 atom stereocenters. The first-order chi connectivity index (χ1) is 7.69. The molecule has 0 saturated heterocycles. The van der Waals surface area contributed by atoms with Crippen molar-refractivity contribution in [2.45, 2.75) is 0 Å². The summed E-state index contributed by atoms with van der Waals surface area (Å²) in [4.78, 5) is 10.5. The third-order valence-corrected chi connectivity index (χ3v) is 6.86. The van der Waals surface area contributed by atoms with E-state index in [1.54, 1.807) is 0 Å². The summed E-state index contributed by atoms with van der Waals surface area (Å²) < 4.78 is 48.5. The van der Waals surface area contributed by atoms with Crippen molar-refractivity contribution in [2.75, 3.05) is 6.26 Å². The zero-order valence-electron chi connectivity index (χ0n) is 8.70. The first kappa shape index (κ1) is 14.1. The number of rotatable bonds is 4. The van der Waals surface area contributed by atoms with Gasteiger partial charge in [-0.2, -0.15) is 0 Å². The van der Waals surface area contributed by atoms with E-state index in [0.29, 0.717) is 0 Å². The van der Waals surface area contributed by atoms with Crippen LogP contribution in [0.25, 0.3) is 0 Å². The molecule has 1 amide bonds. The second-order valence-corrected chi connectivity index (χ2v) is 12.0. The molecule has 4 nitrogen and oxygen atoms in total. The summed E-state index contributed by atoms with van der Waals surface area (Å²) in [5, 5.41) is 0. The van der Waals surface area contributed by atoms with Crippen LogP contribution in [-0.4, -0.2) is 35.2 Å². The van der Waals surface area contributed by atoms with Crippen LogP contribution < -0.4 is 10.1 Å². The van der Waals surface area contributed by atoms with Gasteiger partial charge in [-0.05, 0) is 0 Å². The van der Waals surface area contributed by atoms with E-state index >= 15 is 0 Å². The Morgan fingerprint density at radius 2 is 1.82 bits per heavy atom. The monoisotopic (exact) mass is 324 g/mol. The van der Waals surface area contributed by atoms with Crippen molar-refractivity contribution in [1.29, 1.82) is 0 Å². The SMILES string of the molecule is CS(=O)(=O)[AsH]c1c(F)cc([CH]C(N)=O)cc1F. The molecule has 1 aromatic rings. The average molecular weight is 324 g/mol. The molecule has 1 unspecified atom stereocenters. The molecule has 17 heavy (non-hydrogen) atoms. The molecule has 8 heteroatoms. The third-order valence-electron chi connectivity index (χ3n) is 1.66. The van der Waals surface area contributed by atoms with Crippen LogP contribution in [0.15, 0.2) is 12.1 Å². The second kappa shape index (κ2) is 5.14. The fraction of sp³-hybridized carbons (Fsp3) is 0.111. The van der Waals surface area contributed by atoms with Crippen molar-refractivity contribution in [3.05, 3.63) is 35.8 Å². The molecule has 0 spiro atoms. The Labute approximate surface area is 103 Å². The molecular formula is C9H9AsF2NO3S. The summed E-state index contributed by atoms with van der Waals surface area (Å²) in [6, 6.07) is 1.77. The minimum absolute atomic E-state index is 0.0312. The zero-order valence-corrected chi connectivity index (χ0v) is 11.6. The third kappa shape index (κ3) is 4.44. The fourth-order valence-corrected chi connectivity index (χ4v) is 5.55. The number of nitrogens with two attached hydrogens (primary N) is 1. The second-order valence-electron chi connectivity index (χ2n) is 3.28. The van der Waals surface area contributed by atoms with Crippen LogP contribution >= 0.6 is 0 Å². The van der Waals surface area contributed by atoms with E-state index in [-0.39, 0.29) is 5.56 Å². The molecule has 93 valence electrons. The van der Waals surface area contributed by atoms with Crippen LogP contribution in [0, 0.1) is 18.1 Å². The number of hydrogen-bond acceptors (Lipinski definition) is 3. The van der Waals surface area contributed by atoms with Crippen molar-refractivity contribution in [3.8, 4) is 0 Å². The van der Waals surface area contributed by atoms with Crippen molar-refractivity contribution in [2.24, 2.45) is 5.73 Å². The number of halogens is 2. The molecule has 1 rings (SSSR count). The molecule has 0 aromatic heterocycles. The molecule has 2 N–H and O–H groups in total. The average Bonchev–Trinajstić information content (AvgIpc) is 2.08. The molecule has 1 radical (unpaired) electrons. The molecule has 0 fully saturated rings. The Kier molecular flexibility index (Phi) is 4.27. The summed E-state index contributed by atoms with van der Waals surface area (Å²) in [5.41, 5.74) is 4.81. The number of carbonyl (C=O) groups excluding carboxylic acids is 1. The fourth-order valence-electron chi connectivity index (χ4n) is 1.12. The van der Waals surface area contributed by atoms with Gasteiger partial charge in [-0.1, -0.05) is 0 Å². The topological polar surface area (TPSA) is 77.2 Å². The quantitative estimate of drug-likeness (QED) is 0.724. The molecular weight excluding hydrogens is 315 g/mol.